The number of fused-ring (bicyclic) bond motifs is 1. The lowest BCUT2D eigenvalue weighted by Gasteiger charge is -2.25. The second-order valence-electron chi connectivity index (χ2n) is 6.23. The molecule has 0 saturated carbocycles. The van der Waals surface area contributed by atoms with Crippen LogP contribution >= 0.6 is 0 Å². The Balaban J connectivity index is 1.44. The highest BCUT2D eigenvalue weighted by molar-refractivity contribution is 5.81. The highest BCUT2D eigenvalue weighted by Gasteiger charge is 2.26. The van der Waals surface area contributed by atoms with E-state index in [0.717, 1.165) is 29.0 Å². The molecule has 2 aromatic heterocycles. The van der Waals surface area contributed by atoms with Crippen molar-refractivity contribution in [2.45, 2.75) is 25.5 Å². The molecule has 0 aliphatic carbocycles. The number of rotatable bonds is 4. The summed E-state index contributed by atoms with van der Waals surface area (Å²) >= 11 is 0. The fourth-order valence-corrected chi connectivity index (χ4v) is 3.07. The highest BCUT2D eigenvalue weighted by atomic mass is 16.5. The molecule has 1 atom stereocenters. The molecule has 26 heavy (non-hydrogen) atoms. The summed E-state index contributed by atoms with van der Waals surface area (Å²) in [5.41, 5.74) is 3.43. The predicted molar refractivity (Wildman–Crippen MR) is 95.3 cm³/mol. The Kier molecular flexibility index (Phi) is 4.35. The summed E-state index contributed by atoms with van der Waals surface area (Å²) < 4.78 is 7.55. The molecule has 0 fully saturated rings. The van der Waals surface area contributed by atoms with E-state index in [-0.39, 0.29) is 5.91 Å². The molecule has 1 aliphatic heterocycles. The van der Waals surface area contributed by atoms with Crippen molar-refractivity contribution in [1.82, 2.24) is 25.1 Å². The monoisotopic (exact) mass is 349 g/mol. The number of carbonyl (C=O) groups is 1. The fraction of sp³-hybridized carbons (Fsp3) is 0.263. The van der Waals surface area contributed by atoms with Gasteiger partial charge in [0, 0.05) is 31.2 Å². The Morgan fingerprint density at radius 3 is 3.00 bits per heavy atom. The van der Waals surface area contributed by atoms with Crippen molar-refractivity contribution in [3.05, 3.63) is 60.3 Å². The van der Waals surface area contributed by atoms with Crippen molar-refractivity contribution in [2.75, 3.05) is 0 Å². The molecule has 3 aromatic rings. The SMILES string of the molecule is Cn1cc(-c2nccnc2CNC(=O)[C@H]2CCc3ccccc3O2)cn1. The van der Waals surface area contributed by atoms with E-state index in [4.69, 9.17) is 4.74 Å². The van der Waals surface area contributed by atoms with Gasteiger partial charge in [0.05, 0.1) is 24.1 Å². The van der Waals surface area contributed by atoms with Gasteiger partial charge in [0.1, 0.15) is 5.75 Å². The molecule has 1 amide bonds. The van der Waals surface area contributed by atoms with Crippen LogP contribution in [-0.4, -0.2) is 31.8 Å². The number of nitrogens with one attached hydrogen (secondary N) is 1. The van der Waals surface area contributed by atoms with Crippen LogP contribution in [0.3, 0.4) is 0 Å². The summed E-state index contributed by atoms with van der Waals surface area (Å²) in [5.74, 6) is 0.650. The lowest BCUT2D eigenvalue weighted by molar-refractivity contribution is -0.128. The van der Waals surface area contributed by atoms with Gasteiger partial charge < -0.3 is 10.1 Å². The van der Waals surface area contributed by atoms with Crippen LogP contribution in [0.4, 0.5) is 0 Å². The lowest BCUT2D eigenvalue weighted by atomic mass is 10.0. The van der Waals surface area contributed by atoms with Gasteiger partial charge in [-0.1, -0.05) is 18.2 Å². The van der Waals surface area contributed by atoms with Crippen LogP contribution < -0.4 is 10.1 Å². The van der Waals surface area contributed by atoms with Gasteiger partial charge in [0.25, 0.3) is 5.91 Å². The van der Waals surface area contributed by atoms with E-state index in [1.807, 2.05) is 37.5 Å². The van der Waals surface area contributed by atoms with Gasteiger partial charge in [-0.25, -0.2) is 0 Å². The maximum absolute atomic E-state index is 12.5. The van der Waals surface area contributed by atoms with E-state index >= 15 is 0 Å². The van der Waals surface area contributed by atoms with E-state index in [2.05, 4.69) is 20.4 Å². The van der Waals surface area contributed by atoms with E-state index in [0.29, 0.717) is 18.7 Å². The van der Waals surface area contributed by atoms with Crippen LogP contribution in [0.25, 0.3) is 11.3 Å². The number of amides is 1. The second kappa shape index (κ2) is 6.95. The lowest BCUT2D eigenvalue weighted by Crippen LogP contribution is -2.40. The zero-order valence-electron chi connectivity index (χ0n) is 14.4. The second-order valence-corrected chi connectivity index (χ2v) is 6.23. The largest absolute Gasteiger partial charge is 0.480 e. The maximum atomic E-state index is 12.5. The van der Waals surface area contributed by atoms with Gasteiger partial charge in [-0.15, -0.1) is 0 Å². The third-order valence-corrected chi connectivity index (χ3v) is 4.39. The van der Waals surface area contributed by atoms with Crippen LogP contribution in [0.5, 0.6) is 5.75 Å². The summed E-state index contributed by atoms with van der Waals surface area (Å²) in [4.78, 5) is 21.3. The number of carbonyl (C=O) groups excluding carboxylic acids is 1. The van der Waals surface area contributed by atoms with Gasteiger partial charge >= 0.3 is 0 Å². The molecule has 1 aromatic carbocycles. The summed E-state index contributed by atoms with van der Waals surface area (Å²) in [6.07, 6.45) is 7.87. The van der Waals surface area contributed by atoms with Crippen molar-refractivity contribution < 1.29 is 9.53 Å². The zero-order valence-corrected chi connectivity index (χ0v) is 14.4. The zero-order chi connectivity index (χ0) is 17.9. The van der Waals surface area contributed by atoms with Gasteiger partial charge in [-0.05, 0) is 24.5 Å². The van der Waals surface area contributed by atoms with E-state index in [1.165, 1.54) is 0 Å². The number of ether oxygens (including phenoxy) is 1. The summed E-state index contributed by atoms with van der Waals surface area (Å²) in [6.45, 7) is 0.290. The number of hydrogen-bond acceptors (Lipinski definition) is 5. The van der Waals surface area contributed by atoms with E-state index < -0.39 is 6.10 Å². The van der Waals surface area contributed by atoms with Crippen LogP contribution in [-0.2, 0) is 24.8 Å². The van der Waals surface area contributed by atoms with Gasteiger partial charge in [0.2, 0.25) is 0 Å². The van der Waals surface area contributed by atoms with E-state index in [9.17, 15) is 4.79 Å². The summed E-state index contributed by atoms with van der Waals surface area (Å²) in [7, 11) is 1.85. The van der Waals surface area contributed by atoms with Gasteiger partial charge in [0.15, 0.2) is 6.10 Å². The summed E-state index contributed by atoms with van der Waals surface area (Å²) in [6, 6.07) is 7.83. The number of nitrogens with zero attached hydrogens (tertiary/aromatic N) is 4. The molecule has 132 valence electrons. The van der Waals surface area contributed by atoms with Crippen LogP contribution in [0.15, 0.2) is 49.1 Å². The van der Waals surface area contributed by atoms with E-state index in [1.54, 1.807) is 23.3 Å². The fourth-order valence-electron chi connectivity index (χ4n) is 3.07. The number of aryl methyl sites for hydroxylation is 2. The van der Waals surface area contributed by atoms with Crippen molar-refractivity contribution in [3.8, 4) is 17.0 Å². The summed E-state index contributed by atoms with van der Waals surface area (Å²) in [5, 5.41) is 7.09. The number of para-hydroxylation sites is 1. The first-order valence-electron chi connectivity index (χ1n) is 8.52. The third kappa shape index (κ3) is 3.28. The molecule has 0 unspecified atom stereocenters. The highest BCUT2D eigenvalue weighted by Crippen LogP contribution is 2.27. The van der Waals surface area contributed by atoms with Crippen molar-refractivity contribution in [3.63, 3.8) is 0 Å². The minimum absolute atomic E-state index is 0.137. The Morgan fingerprint density at radius 1 is 1.31 bits per heavy atom. The molecule has 7 nitrogen and oxygen atoms in total. The first-order chi connectivity index (χ1) is 12.7. The van der Waals surface area contributed by atoms with Crippen LogP contribution in [0, 0.1) is 0 Å². The quantitative estimate of drug-likeness (QED) is 0.778. The molecule has 0 radical (unpaired) electrons. The molecule has 1 N–H and O–H groups in total. The molecular formula is C19H19N5O2. The molecule has 0 saturated heterocycles. The molecule has 0 spiro atoms. The minimum Gasteiger partial charge on any atom is -0.480 e. The number of aromatic nitrogens is 4. The predicted octanol–water partition coefficient (Wildman–Crippen LogP) is 1.89. The number of benzene rings is 1. The first kappa shape index (κ1) is 16.3. The Labute approximate surface area is 151 Å². The maximum Gasteiger partial charge on any atom is 0.261 e. The molecule has 7 heteroatoms. The molecular weight excluding hydrogens is 330 g/mol. The minimum atomic E-state index is -0.483. The molecule has 4 rings (SSSR count). The molecule has 3 heterocycles. The van der Waals surface area contributed by atoms with Crippen LogP contribution in [0.1, 0.15) is 17.7 Å². The van der Waals surface area contributed by atoms with Crippen molar-refractivity contribution in [1.29, 1.82) is 0 Å². The Hall–Kier alpha value is -3.22. The standard InChI is InChI=1S/C19H19N5O2/c1-24-12-14(10-23-24)18-15(20-8-9-21-18)11-22-19(25)17-7-6-13-4-2-3-5-16(13)26-17/h2-5,8-10,12,17H,6-7,11H2,1H3,(H,22,25)/t17-/m1/s1. The van der Waals surface area contributed by atoms with Gasteiger partial charge in [-0.2, -0.15) is 5.10 Å². The Morgan fingerprint density at radius 2 is 2.15 bits per heavy atom. The molecule has 0 bridgehead atoms. The normalized spacial score (nSPS) is 15.8. The Bertz CT molecular complexity index is 937. The smallest absolute Gasteiger partial charge is 0.261 e. The van der Waals surface area contributed by atoms with Crippen molar-refractivity contribution in [2.24, 2.45) is 7.05 Å². The van der Waals surface area contributed by atoms with Crippen molar-refractivity contribution >= 4 is 5.91 Å². The average molecular weight is 349 g/mol. The topological polar surface area (TPSA) is 81.9 Å². The molecule has 1 aliphatic rings. The first-order valence-corrected chi connectivity index (χ1v) is 8.52. The average Bonchev–Trinajstić information content (AvgIpc) is 3.12. The third-order valence-electron chi connectivity index (χ3n) is 4.39. The number of hydrogen-bond donors (Lipinski definition) is 1. The van der Waals surface area contributed by atoms with Crippen LogP contribution in [0.2, 0.25) is 0 Å². The van der Waals surface area contributed by atoms with Gasteiger partial charge in [-0.3, -0.25) is 19.4 Å².